The molecule has 0 aliphatic carbocycles. The van der Waals surface area contributed by atoms with Crippen molar-refractivity contribution in [3.63, 3.8) is 0 Å². The molecular formula is C32H63N3O3. The van der Waals surface area contributed by atoms with Crippen LogP contribution in [0.4, 0.5) is 4.79 Å². The molecule has 1 aliphatic rings. The molecule has 1 atom stereocenters. The van der Waals surface area contributed by atoms with E-state index in [1.165, 1.54) is 32.1 Å². The Morgan fingerprint density at radius 1 is 1.08 bits per heavy atom. The highest BCUT2D eigenvalue weighted by molar-refractivity contribution is 5.68. The van der Waals surface area contributed by atoms with E-state index in [1.807, 2.05) is 50.6 Å². The van der Waals surface area contributed by atoms with E-state index < -0.39 is 5.60 Å². The molecule has 1 saturated heterocycles. The van der Waals surface area contributed by atoms with Crippen LogP contribution in [0.5, 0.6) is 0 Å². The minimum atomic E-state index is -0.403. The standard InChI is InChI=1S/C16H28N2O.C14H29NO2.C2H6/c1-3-5-6-11-17(4-2)12-7-8-16-9-13-18(15-19)14-10-16;1-7-10-15(11-9-12(3)8-2)13(16)17-14(4,5)6;1-2/h4,6,11,15-16H,2-3,5,7-10,12-14H2,1H3;12H,7-11H2,1-6H3;1-2H3/b11-6-;;. The van der Waals surface area contributed by atoms with Crippen molar-refractivity contribution in [1.82, 2.24) is 14.7 Å². The molecule has 0 spiro atoms. The number of carbonyl (C=O) groups excluding carboxylic acids is 2. The predicted octanol–water partition coefficient (Wildman–Crippen LogP) is 8.49. The van der Waals surface area contributed by atoms with Crippen LogP contribution in [0.2, 0.25) is 0 Å². The van der Waals surface area contributed by atoms with Gasteiger partial charge in [-0.2, -0.15) is 0 Å². The van der Waals surface area contributed by atoms with Gasteiger partial charge in [0.2, 0.25) is 6.41 Å². The Morgan fingerprint density at radius 3 is 2.18 bits per heavy atom. The molecule has 2 amide bonds. The minimum absolute atomic E-state index is 0.178. The third kappa shape index (κ3) is 21.0. The van der Waals surface area contributed by atoms with E-state index in [1.54, 1.807) is 0 Å². The van der Waals surface area contributed by atoms with Crippen LogP contribution in [0.3, 0.4) is 0 Å². The van der Waals surface area contributed by atoms with Gasteiger partial charge in [-0.25, -0.2) is 4.79 Å². The van der Waals surface area contributed by atoms with Crippen molar-refractivity contribution in [2.24, 2.45) is 11.8 Å². The van der Waals surface area contributed by atoms with E-state index >= 15 is 0 Å². The first-order chi connectivity index (χ1) is 18.1. The van der Waals surface area contributed by atoms with Crippen LogP contribution in [0.1, 0.15) is 120 Å². The monoisotopic (exact) mass is 537 g/mol. The highest BCUT2D eigenvalue weighted by Crippen LogP contribution is 2.21. The summed E-state index contributed by atoms with van der Waals surface area (Å²) in [6, 6.07) is 0. The van der Waals surface area contributed by atoms with Gasteiger partial charge in [0.25, 0.3) is 0 Å². The van der Waals surface area contributed by atoms with Gasteiger partial charge in [0, 0.05) is 32.7 Å². The van der Waals surface area contributed by atoms with Gasteiger partial charge < -0.3 is 19.4 Å². The number of nitrogens with zero attached hydrogens (tertiary/aromatic N) is 3. The lowest BCUT2D eigenvalue weighted by Gasteiger charge is -2.29. The SMILES string of the molecule is C=CN(/C=C\CCC)CCCC1CCN(C=O)CC1.CC.CCCN(CCC(C)CC)C(=O)OC(C)(C)C. The number of allylic oxidation sites excluding steroid dienone is 1. The zero-order chi connectivity index (χ0) is 29.4. The van der Waals surface area contributed by atoms with Crippen molar-refractivity contribution in [2.45, 2.75) is 126 Å². The number of amides is 2. The fraction of sp³-hybridized carbons (Fsp3) is 0.812. The van der Waals surface area contributed by atoms with Crippen molar-refractivity contribution in [3.05, 3.63) is 25.1 Å². The fourth-order valence-corrected chi connectivity index (χ4v) is 3.98. The van der Waals surface area contributed by atoms with Gasteiger partial charge in [-0.1, -0.05) is 67.0 Å². The molecule has 1 heterocycles. The van der Waals surface area contributed by atoms with Crippen molar-refractivity contribution in [1.29, 1.82) is 0 Å². The molecule has 0 bridgehead atoms. The molecule has 1 unspecified atom stereocenters. The highest BCUT2D eigenvalue weighted by Gasteiger charge is 2.21. The minimum Gasteiger partial charge on any atom is -0.444 e. The maximum Gasteiger partial charge on any atom is 0.410 e. The first-order valence-electron chi connectivity index (χ1n) is 15.3. The average molecular weight is 538 g/mol. The van der Waals surface area contributed by atoms with Crippen LogP contribution >= 0.6 is 0 Å². The summed E-state index contributed by atoms with van der Waals surface area (Å²) in [7, 11) is 0. The molecule has 38 heavy (non-hydrogen) atoms. The number of hydrogen-bond acceptors (Lipinski definition) is 4. The van der Waals surface area contributed by atoms with Crippen molar-refractivity contribution in [2.75, 3.05) is 32.7 Å². The second kappa shape index (κ2) is 24.1. The van der Waals surface area contributed by atoms with Crippen LogP contribution < -0.4 is 0 Å². The Labute approximate surface area is 236 Å². The Kier molecular flexibility index (Phi) is 24.2. The van der Waals surface area contributed by atoms with Crippen molar-refractivity contribution < 1.29 is 14.3 Å². The summed E-state index contributed by atoms with van der Waals surface area (Å²) in [5, 5.41) is 0. The molecule has 6 heteroatoms. The number of rotatable bonds is 15. The van der Waals surface area contributed by atoms with E-state index in [2.05, 4.69) is 51.4 Å². The second-order valence-corrected chi connectivity index (χ2v) is 11.1. The molecule has 0 aromatic heterocycles. The normalized spacial score (nSPS) is 14.5. The summed E-state index contributed by atoms with van der Waals surface area (Å²) >= 11 is 0. The largest absolute Gasteiger partial charge is 0.444 e. The number of carbonyl (C=O) groups is 2. The molecule has 224 valence electrons. The molecular weight excluding hydrogens is 474 g/mol. The summed E-state index contributed by atoms with van der Waals surface area (Å²) in [5.74, 6) is 1.46. The Hall–Kier alpha value is -1.98. The number of piperidine rings is 1. The maximum absolute atomic E-state index is 12.0. The third-order valence-corrected chi connectivity index (χ3v) is 6.55. The molecule has 0 saturated carbocycles. The van der Waals surface area contributed by atoms with Crippen LogP contribution in [-0.2, 0) is 9.53 Å². The summed E-state index contributed by atoms with van der Waals surface area (Å²) in [6.07, 6.45) is 17.4. The molecule has 1 fully saturated rings. The van der Waals surface area contributed by atoms with Gasteiger partial charge >= 0.3 is 6.09 Å². The molecule has 6 nitrogen and oxygen atoms in total. The lowest BCUT2D eigenvalue weighted by molar-refractivity contribution is -0.119. The van der Waals surface area contributed by atoms with Gasteiger partial charge in [-0.05, 0) is 90.0 Å². The summed E-state index contributed by atoms with van der Waals surface area (Å²) in [4.78, 5) is 28.5. The molecule has 0 aromatic carbocycles. The Balaban J connectivity index is 0. The van der Waals surface area contributed by atoms with Crippen LogP contribution in [-0.4, -0.2) is 65.5 Å². The first-order valence-corrected chi connectivity index (χ1v) is 15.3. The average Bonchev–Trinajstić information content (AvgIpc) is 2.90. The zero-order valence-electron chi connectivity index (χ0n) is 26.6. The lowest BCUT2D eigenvalue weighted by atomic mass is 9.92. The second-order valence-electron chi connectivity index (χ2n) is 11.1. The highest BCUT2D eigenvalue weighted by atomic mass is 16.6. The molecule has 0 N–H and O–H groups in total. The van der Waals surface area contributed by atoms with Crippen molar-refractivity contribution in [3.8, 4) is 0 Å². The summed E-state index contributed by atoms with van der Waals surface area (Å²) in [6.45, 7) is 26.8. The predicted molar refractivity (Wildman–Crippen MR) is 164 cm³/mol. The van der Waals surface area contributed by atoms with Crippen LogP contribution in [0, 0.1) is 11.8 Å². The zero-order valence-corrected chi connectivity index (χ0v) is 26.6. The molecule has 1 aliphatic heterocycles. The number of unbranched alkanes of at least 4 members (excludes halogenated alkanes) is 1. The van der Waals surface area contributed by atoms with Gasteiger partial charge in [0.15, 0.2) is 0 Å². The molecule has 1 rings (SSSR count). The smallest absolute Gasteiger partial charge is 0.410 e. The topological polar surface area (TPSA) is 53.1 Å². The van der Waals surface area contributed by atoms with Gasteiger partial charge in [-0.15, -0.1) is 0 Å². The van der Waals surface area contributed by atoms with E-state index in [0.717, 1.165) is 70.7 Å². The van der Waals surface area contributed by atoms with Gasteiger partial charge in [0.1, 0.15) is 5.60 Å². The molecule has 0 aromatic rings. The van der Waals surface area contributed by atoms with Crippen molar-refractivity contribution >= 4 is 12.5 Å². The summed E-state index contributed by atoms with van der Waals surface area (Å²) in [5.41, 5.74) is -0.403. The van der Waals surface area contributed by atoms with E-state index in [-0.39, 0.29) is 6.09 Å². The van der Waals surface area contributed by atoms with Gasteiger partial charge in [0.05, 0.1) is 0 Å². The quantitative estimate of drug-likeness (QED) is 0.197. The van der Waals surface area contributed by atoms with Crippen LogP contribution in [0.15, 0.2) is 25.1 Å². The van der Waals surface area contributed by atoms with E-state index in [9.17, 15) is 9.59 Å². The third-order valence-electron chi connectivity index (χ3n) is 6.55. The van der Waals surface area contributed by atoms with E-state index in [4.69, 9.17) is 4.74 Å². The molecule has 0 radical (unpaired) electrons. The first kappa shape index (κ1) is 38.2. The van der Waals surface area contributed by atoms with E-state index in [0.29, 0.717) is 5.92 Å². The van der Waals surface area contributed by atoms with Crippen LogP contribution in [0.25, 0.3) is 0 Å². The Bertz CT molecular complexity index is 608. The lowest BCUT2D eigenvalue weighted by Crippen LogP contribution is -2.38. The number of likely N-dealkylation sites (tertiary alicyclic amines) is 1. The maximum atomic E-state index is 12.0. The fourth-order valence-electron chi connectivity index (χ4n) is 3.98. The Morgan fingerprint density at radius 2 is 1.71 bits per heavy atom. The number of hydrogen-bond donors (Lipinski definition) is 0. The summed E-state index contributed by atoms with van der Waals surface area (Å²) < 4.78 is 5.41. The number of ether oxygens (including phenoxy) is 1. The van der Waals surface area contributed by atoms with Gasteiger partial charge in [-0.3, -0.25) is 4.79 Å².